The number of H-pyrrole nitrogens is 1. The lowest BCUT2D eigenvalue weighted by atomic mass is 10.0. The van der Waals surface area contributed by atoms with Gasteiger partial charge in [0.25, 0.3) is 0 Å². The molecule has 2 aliphatic rings. The topological polar surface area (TPSA) is 103 Å². The van der Waals surface area contributed by atoms with Crippen LogP contribution < -0.4 is 16.4 Å². The third-order valence-electron chi connectivity index (χ3n) is 7.15. The predicted octanol–water partition coefficient (Wildman–Crippen LogP) is 4.17. The van der Waals surface area contributed by atoms with E-state index in [9.17, 15) is 9.59 Å². The summed E-state index contributed by atoms with van der Waals surface area (Å²) < 4.78 is 7.30. The second kappa shape index (κ2) is 11.3. The average molecular weight is 502 g/mol. The fourth-order valence-corrected chi connectivity index (χ4v) is 5.10. The lowest BCUT2D eigenvalue weighted by Gasteiger charge is -2.29. The number of rotatable bonds is 9. The van der Waals surface area contributed by atoms with Crippen LogP contribution >= 0.6 is 0 Å². The van der Waals surface area contributed by atoms with E-state index in [2.05, 4.69) is 58.5 Å². The van der Waals surface area contributed by atoms with Crippen molar-refractivity contribution in [3.63, 3.8) is 0 Å². The van der Waals surface area contributed by atoms with Gasteiger partial charge in [-0.2, -0.15) is 0 Å². The second-order valence-electron chi connectivity index (χ2n) is 9.99. The molecule has 0 amide bonds. The summed E-state index contributed by atoms with van der Waals surface area (Å²) in [6.45, 7) is 6.21. The fourth-order valence-electron chi connectivity index (χ4n) is 5.10. The Morgan fingerprint density at radius 3 is 2.54 bits per heavy atom. The predicted molar refractivity (Wildman–Crippen MR) is 147 cm³/mol. The normalized spacial score (nSPS) is 17.5. The molecule has 0 bridgehead atoms. The van der Waals surface area contributed by atoms with Crippen LogP contribution in [0.3, 0.4) is 0 Å². The summed E-state index contributed by atoms with van der Waals surface area (Å²) in [5, 5.41) is 11.7. The van der Waals surface area contributed by atoms with E-state index < -0.39 is 17.3 Å². The van der Waals surface area contributed by atoms with Gasteiger partial charge in [0, 0.05) is 19.6 Å². The van der Waals surface area contributed by atoms with Crippen LogP contribution in [0.1, 0.15) is 55.8 Å². The molecule has 3 aromatic rings. The van der Waals surface area contributed by atoms with Crippen molar-refractivity contribution in [1.29, 1.82) is 5.41 Å². The van der Waals surface area contributed by atoms with Crippen molar-refractivity contribution in [2.24, 2.45) is 0 Å². The lowest BCUT2D eigenvalue weighted by Crippen LogP contribution is -2.44. The van der Waals surface area contributed by atoms with Gasteiger partial charge >= 0.3 is 11.1 Å². The van der Waals surface area contributed by atoms with Gasteiger partial charge in [-0.3, -0.25) is 19.1 Å². The summed E-state index contributed by atoms with van der Waals surface area (Å²) in [5.74, 6) is 0.432. The Balaban J connectivity index is 1.36. The van der Waals surface area contributed by atoms with E-state index in [4.69, 9.17) is 10.1 Å². The van der Waals surface area contributed by atoms with E-state index in [-0.39, 0.29) is 12.3 Å². The van der Waals surface area contributed by atoms with Gasteiger partial charge in [-0.15, -0.1) is 0 Å². The van der Waals surface area contributed by atoms with E-state index in [1.54, 1.807) is 0 Å². The first kappa shape index (κ1) is 25.2. The number of likely N-dealkylation sites (tertiary alicyclic amines) is 1. The number of aromatic nitrogens is 2. The minimum atomic E-state index is -0.720. The molecule has 1 aromatic heterocycles. The quantitative estimate of drug-likeness (QED) is 0.302. The van der Waals surface area contributed by atoms with Gasteiger partial charge in [0.1, 0.15) is 17.7 Å². The second-order valence-corrected chi connectivity index (χ2v) is 9.99. The van der Waals surface area contributed by atoms with Crippen molar-refractivity contribution in [2.45, 2.75) is 58.3 Å². The van der Waals surface area contributed by atoms with Gasteiger partial charge < -0.3 is 20.4 Å². The Morgan fingerprint density at radius 2 is 1.78 bits per heavy atom. The number of unbranched alkanes of at least 4 members (excludes halogenated alkanes) is 1. The van der Waals surface area contributed by atoms with Crippen molar-refractivity contribution < 1.29 is 4.74 Å². The van der Waals surface area contributed by atoms with E-state index in [1.165, 1.54) is 36.1 Å². The number of ether oxygens (including phenoxy) is 1. The van der Waals surface area contributed by atoms with Gasteiger partial charge in [0.05, 0.1) is 12.3 Å². The van der Waals surface area contributed by atoms with E-state index in [0.717, 1.165) is 36.1 Å². The molecular weight excluding hydrogens is 466 g/mol. The van der Waals surface area contributed by atoms with Crippen molar-refractivity contribution in [2.75, 3.05) is 25.0 Å². The van der Waals surface area contributed by atoms with Crippen LogP contribution in [0.25, 0.3) is 11.1 Å². The SMILES string of the molecule is CCCCOC1CC(=N)c2[nH]c(=O)c(=O)n(Cc3ccc(-c4cccc(CN5CCCC5)c4)cc3)c2N1. The molecule has 194 valence electrons. The first-order valence-electron chi connectivity index (χ1n) is 13.3. The monoisotopic (exact) mass is 501 g/mol. The van der Waals surface area contributed by atoms with Crippen LogP contribution in [-0.2, 0) is 17.8 Å². The summed E-state index contributed by atoms with van der Waals surface area (Å²) in [7, 11) is 0. The molecular formula is C29H35N5O3. The highest BCUT2D eigenvalue weighted by atomic mass is 16.5. The van der Waals surface area contributed by atoms with Gasteiger partial charge in [0.15, 0.2) is 0 Å². The molecule has 3 N–H and O–H groups in total. The van der Waals surface area contributed by atoms with E-state index >= 15 is 0 Å². The van der Waals surface area contributed by atoms with Gasteiger partial charge in [0.2, 0.25) is 0 Å². The number of benzene rings is 2. The molecule has 1 saturated heterocycles. The van der Waals surface area contributed by atoms with Crippen LogP contribution in [0.5, 0.6) is 0 Å². The number of hydrogen-bond donors (Lipinski definition) is 3. The van der Waals surface area contributed by atoms with E-state index in [1.807, 2.05) is 12.1 Å². The lowest BCUT2D eigenvalue weighted by molar-refractivity contribution is 0.0731. The zero-order valence-corrected chi connectivity index (χ0v) is 21.4. The van der Waals surface area contributed by atoms with Crippen LogP contribution in [0.2, 0.25) is 0 Å². The van der Waals surface area contributed by atoms with Gasteiger partial charge in [-0.1, -0.05) is 55.8 Å². The molecule has 3 heterocycles. The molecule has 8 nitrogen and oxygen atoms in total. The summed E-state index contributed by atoms with van der Waals surface area (Å²) in [4.78, 5) is 30.3. The Hall–Kier alpha value is -3.49. The molecule has 5 rings (SSSR count). The molecule has 1 fully saturated rings. The summed E-state index contributed by atoms with van der Waals surface area (Å²) in [6.07, 6.45) is 4.42. The first-order chi connectivity index (χ1) is 18.0. The Kier molecular flexibility index (Phi) is 7.67. The largest absolute Gasteiger partial charge is 0.358 e. The van der Waals surface area contributed by atoms with Crippen molar-refractivity contribution >= 4 is 11.5 Å². The van der Waals surface area contributed by atoms with Crippen LogP contribution in [0.15, 0.2) is 58.1 Å². The number of anilines is 1. The Morgan fingerprint density at radius 1 is 1.00 bits per heavy atom. The maximum Gasteiger partial charge on any atom is 0.318 e. The summed E-state index contributed by atoms with van der Waals surface area (Å²) in [6, 6.07) is 16.8. The highest BCUT2D eigenvalue weighted by Crippen LogP contribution is 2.25. The number of nitrogens with zero attached hydrogens (tertiary/aromatic N) is 2. The molecule has 1 unspecified atom stereocenters. The summed E-state index contributed by atoms with van der Waals surface area (Å²) >= 11 is 0. The molecule has 1 atom stereocenters. The van der Waals surface area contributed by atoms with Crippen molar-refractivity contribution in [1.82, 2.24) is 14.5 Å². The number of nitrogens with one attached hydrogen (secondary N) is 3. The maximum absolute atomic E-state index is 12.9. The minimum absolute atomic E-state index is 0.225. The minimum Gasteiger partial charge on any atom is -0.358 e. The number of aromatic amines is 1. The average Bonchev–Trinajstić information content (AvgIpc) is 3.41. The van der Waals surface area contributed by atoms with Crippen LogP contribution in [0, 0.1) is 5.41 Å². The van der Waals surface area contributed by atoms with Crippen LogP contribution in [0.4, 0.5) is 5.82 Å². The van der Waals surface area contributed by atoms with E-state index in [0.29, 0.717) is 24.5 Å². The fraction of sp³-hybridized carbons (Fsp3) is 0.414. The third kappa shape index (κ3) is 5.76. The molecule has 8 heteroatoms. The van der Waals surface area contributed by atoms with Gasteiger partial charge in [-0.25, -0.2) is 0 Å². The highest BCUT2D eigenvalue weighted by Gasteiger charge is 2.27. The van der Waals surface area contributed by atoms with Crippen LogP contribution in [-0.4, -0.2) is 46.1 Å². The maximum atomic E-state index is 12.9. The zero-order valence-electron chi connectivity index (χ0n) is 21.4. The smallest absolute Gasteiger partial charge is 0.318 e. The van der Waals surface area contributed by atoms with Gasteiger partial charge in [-0.05, 0) is 60.7 Å². The molecule has 0 spiro atoms. The molecule has 2 aliphatic heterocycles. The molecule has 0 aliphatic carbocycles. The standard InChI is InChI=1S/C29H35N5O3/c1-2-3-15-37-25-17-24(30)26-27(31-25)34(29(36)28(35)32-26)19-20-9-11-22(12-10-20)23-8-6-7-21(16-23)18-33-13-4-5-14-33/h6-12,16,25,30-31H,2-5,13-15,17-19H2,1H3,(H,32,35). The molecule has 2 aromatic carbocycles. The summed E-state index contributed by atoms with van der Waals surface area (Å²) in [5.41, 5.74) is 3.72. The molecule has 37 heavy (non-hydrogen) atoms. The number of hydrogen-bond acceptors (Lipinski definition) is 6. The Labute approximate surface area is 216 Å². The number of fused-ring (bicyclic) bond motifs is 1. The molecule has 0 saturated carbocycles. The highest BCUT2D eigenvalue weighted by molar-refractivity contribution is 6.02. The third-order valence-corrected chi connectivity index (χ3v) is 7.15. The first-order valence-corrected chi connectivity index (χ1v) is 13.3. The van der Waals surface area contributed by atoms with Crippen molar-refractivity contribution in [3.8, 4) is 11.1 Å². The Bertz CT molecular complexity index is 1370. The van der Waals surface area contributed by atoms with Crippen molar-refractivity contribution in [3.05, 3.63) is 86.1 Å². The molecule has 0 radical (unpaired) electrons. The zero-order chi connectivity index (χ0) is 25.8.